The van der Waals surface area contributed by atoms with Gasteiger partial charge in [-0.05, 0) is 23.6 Å². The zero-order chi connectivity index (χ0) is 16.7. The van der Waals surface area contributed by atoms with Crippen LogP contribution in [0.25, 0.3) is 0 Å². The molecule has 5 nitrogen and oxygen atoms in total. The van der Waals surface area contributed by atoms with Gasteiger partial charge in [-0.1, -0.05) is 12.0 Å². The van der Waals surface area contributed by atoms with Crippen LogP contribution in [-0.4, -0.2) is 24.3 Å². The topological polar surface area (TPSA) is 70.6 Å². The lowest BCUT2D eigenvalue weighted by molar-refractivity contribution is 0.178. The first-order valence-corrected chi connectivity index (χ1v) is 7.60. The molecule has 0 radical (unpaired) electrons. The molecule has 0 aliphatic carbocycles. The number of amides is 2. The molecule has 0 bridgehead atoms. The smallest absolute Gasteiger partial charge is 0.319 e. The highest BCUT2D eigenvalue weighted by atomic mass is 32.1. The number of terminal acetylenes is 1. The number of ether oxygens (including phenoxy) is 1. The monoisotopic (exact) mass is 334 g/mol. The van der Waals surface area contributed by atoms with E-state index in [0.717, 1.165) is 10.9 Å². The van der Waals surface area contributed by atoms with Crippen LogP contribution in [-0.2, 0) is 0 Å². The maximum absolute atomic E-state index is 13.3. The minimum Gasteiger partial charge on any atom is -0.479 e. The third-order valence-electron chi connectivity index (χ3n) is 2.83. The number of aliphatic hydroxyl groups excluding tert-OH is 1. The van der Waals surface area contributed by atoms with Crippen molar-refractivity contribution in [3.8, 4) is 18.1 Å². The number of hydrogen-bond donors (Lipinski definition) is 3. The Balaban J connectivity index is 1.94. The number of anilines is 1. The molecule has 0 saturated carbocycles. The van der Waals surface area contributed by atoms with E-state index in [-0.39, 0.29) is 24.6 Å². The largest absolute Gasteiger partial charge is 0.479 e. The average Bonchev–Trinajstić information content (AvgIpc) is 3.06. The molecule has 0 spiro atoms. The highest BCUT2D eigenvalue weighted by Gasteiger charge is 2.12. The van der Waals surface area contributed by atoms with E-state index < -0.39 is 18.0 Å². The lowest BCUT2D eigenvalue weighted by Gasteiger charge is -2.13. The summed E-state index contributed by atoms with van der Waals surface area (Å²) in [6.07, 6.45) is 4.31. The van der Waals surface area contributed by atoms with Crippen LogP contribution in [0, 0.1) is 18.2 Å². The second-order valence-corrected chi connectivity index (χ2v) is 5.48. The van der Waals surface area contributed by atoms with Crippen molar-refractivity contribution in [2.24, 2.45) is 0 Å². The van der Waals surface area contributed by atoms with E-state index in [1.54, 1.807) is 6.07 Å². The lowest BCUT2D eigenvalue weighted by Crippen LogP contribution is -2.32. The molecule has 1 heterocycles. The van der Waals surface area contributed by atoms with Gasteiger partial charge in [0.1, 0.15) is 24.3 Å². The van der Waals surface area contributed by atoms with Gasteiger partial charge in [-0.3, -0.25) is 0 Å². The average molecular weight is 334 g/mol. The predicted molar refractivity (Wildman–Crippen MR) is 87.0 cm³/mol. The van der Waals surface area contributed by atoms with Crippen LogP contribution in [0.15, 0.2) is 35.7 Å². The molecule has 120 valence electrons. The Kier molecular flexibility index (Phi) is 5.97. The van der Waals surface area contributed by atoms with Gasteiger partial charge in [-0.25, -0.2) is 9.18 Å². The number of thiophene rings is 1. The summed E-state index contributed by atoms with van der Waals surface area (Å²) in [6.45, 7) is 0.0290. The van der Waals surface area contributed by atoms with E-state index >= 15 is 0 Å². The van der Waals surface area contributed by atoms with Gasteiger partial charge in [0.05, 0.1) is 12.2 Å². The van der Waals surface area contributed by atoms with E-state index in [1.807, 2.05) is 11.4 Å². The minimum absolute atomic E-state index is 0.000969. The number of urea groups is 1. The molecule has 1 atom stereocenters. The van der Waals surface area contributed by atoms with E-state index in [4.69, 9.17) is 11.2 Å². The van der Waals surface area contributed by atoms with Crippen LogP contribution in [0.5, 0.6) is 5.75 Å². The third-order valence-corrected chi connectivity index (χ3v) is 3.80. The Hall–Kier alpha value is -2.56. The van der Waals surface area contributed by atoms with Gasteiger partial charge in [-0.2, -0.15) is 0 Å². The fraction of sp³-hybridized carbons (Fsp3) is 0.188. The van der Waals surface area contributed by atoms with Crippen molar-refractivity contribution in [2.45, 2.75) is 6.10 Å². The van der Waals surface area contributed by atoms with Crippen LogP contribution in [0.2, 0.25) is 0 Å². The highest BCUT2D eigenvalue weighted by molar-refractivity contribution is 7.10. The van der Waals surface area contributed by atoms with Crippen LogP contribution in [0.1, 0.15) is 11.0 Å². The molecule has 2 aromatic rings. The fourth-order valence-electron chi connectivity index (χ4n) is 1.78. The quantitative estimate of drug-likeness (QED) is 0.712. The molecule has 3 N–H and O–H groups in total. The van der Waals surface area contributed by atoms with Gasteiger partial charge < -0.3 is 20.5 Å². The molecule has 0 fully saturated rings. The van der Waals surface area contributed by atoms with E-state index in [2.05, 4.69) is 16.6 Å². The summed E-state index contributed by atoms with van der Waals surface area (Å²) in [7, 11) is 0. The number of aliphatic hydroxyl groups is 1. The minimum atomic E-state index is -0.801. The highest BCUT2D eigenvalue weighted by Crippen LogP contribution is 2.25. The molecular formula is C16H15FN2O3S. The molecule has 0 aliphatic rings. The first kappa shape index (κ1) is 16.8. The molecule has 2 amide bonds. The first-order chi connectivity index (χ1) is 11.1. The second-order valence-electron chi connectivity index (χ2n) is 4.50. The molecular weight excluding hydrogens is 319 g/mol. The number of hydrogen-bond acceptors (Lipinski definition) is 4. The SMILES string of the molecule is C#CCOc1ccc(F)cc1NC(=O)NCC(O)c1cccs1. The van der Waals surface area contributed by atoms with Crippen molar-refractivity contribution in [2.75, 3.05) is 18.5 Å². The van der Waals surface area contributed by atoms with E-state index in [9.17, 15) is 14.3 Å². The Bertz CT molecular complexity index is 698. The molecule has 1 aromatic heterocycles. The fourth-order valence-corrected chi connectivity index (χ4v) is 2.49. The zero-order valence-electron chi connectivity index (χ0n) is 12.1. The first-order valence-electron chi connectivity index (χ1n) is 6.72. The number of carbonyl (C=O) groups excluding carboxylic acids is 1. The van der Waals surface area contributed by atoms with Crippen molar-refractivity contribution in [3.63, 3.8) is 0 Å². The van der Waals surface area contributed by atoms with Crippen LogP contribution in [0.4, 0.5) is 14.9 Å². The van der Waals surface area contributed by atoms with Gasteiger partial charge in [0, 0.05) is 10.9 Å². The number of nitrogens with one attached hydrogen (secondary N) is 2. The van der Waals surface area contributed by atoms with Crippen molar-refractivity contribution >= 4 is 23.1 Å². The Morgan fingerprint density at radius 1 is 1.48 bits per heavy atom. The molecule has 23 heavy (non-hydrogen) atoms. The van der Waals surface area contributed by atoms with Crippen molar-refractivity contribution in [1.82, 2.24) is 5.32 Å². The molecule has 1 unspecified atom stereocenters. The Labute approximate surface area is 137 Å². The standard InChI is InChI=1S/C16H15FN2O3S/c1-2-7-22-14-6-5-11(17)9-12(14)19-16(21)18-10-13(20)15-4-3-8-23-15/h1,3-6,8-9,13,20H,7,10H2,(H2,18,19,21). The van der Waals surface area contributed by atoms with Crippen LogP contribution >= 0.6 is 11.3 Å². The summed E-state index contributed by atoms with van der Waals surface area (Å²) in [5.41, 5.74) is 0.156. The Morgan fingerprint density at radius 2 is 2.30 bits per heavy atom. The second kappa shape index (κ2) is 8.17. The maximum Gasteiger partial charge on any atom is 0.319 e. The third kappa shape index (κ3) is 4.98. The normalized spacial score (nSPS) is 11.3. The molecule has 0 saturated heterocycles. The van der Waals surface area contributed by atoms with E-state index in [0.29, 0.717) is 0 Å². The number of rotatable bonds is 6. The van der Waals surface area contributed by atoms with Crippen LogP contribution < -0.4 is 15.4 Å². The summed E-state index contributed by atoms with van der Waals surface area (Å²) in [4.78, 5) is 12.6. The van der Waals surface area contributed by atoms with E-state index in [1.165, 1.54) is 23.5 Å². The summed E-state index contributed by atoms with van der Waals surface area (Å²) >= 11 is 1.39. The zero-order valence-corrected chi connectivity index (χ0v) is 12.9. The van der Waals surface area contributed by atoms with Crippen molar-refractivity contribution < 1.29 is 19.0 Å². The van der Waals surface area contributed by atoms with Crippen molar-refractivity contribution in [3.05, 3.63) is 46.4 Å². The Morgan fingerprint density at radius 3 is 3.00 bits per heavy atom. The summed E-state index contributed by atoms with van der Waals surface area (Å²) < 4.78 is 18.5. The number of benzene rings is 1. The summed E-state index contributed by atoms with van der Waals surface area (Å²) in [6, 6.07) is 6.70. The van der Waals surface area contributed by atoms with Gasteiger partial charge in [0.2, 0.25) is 0 Å². The number of halogens is 1. The number of carbonyl (C=O) groups is 1. The molecule has 1 aromatic carbocycles. The summed E-state index contributed by atoms with van der Waals surface area (Å²) in [5.74, 6) is 2.03. The van der Waals surface area contributed by atoms with Crippen molar-refractivity contribution in [1.29, 1.82) is 0 Å². The van der Waals surface area contributed by atoms with Crippen LogP contribution in [0.3, 0.4) is 0 Å². The maximum atomic E-state index is 13.3. The molecule has 7 heteroatoms. The predicted octanol–water partition coefficient (Wildman–Crippen LogP) is 2.75. The molecule has 0 aliphatic heterocycles. The van der Waals surface area contributed by atoms with Gasteiger partial charge in [0.15, 0.2) is 0 Å². The van der Waals surface area contributed by atoms with Gasteiger partial charge in [0.25, 0.3) is 0 Å². The lowest BCUT2D eigenvalue weighted by atomic mass is 10.3. The summed E-state index contributed by atoms with van der Waals surface area (Å²) in [5, 5.41) is 16.7. The van der Waals surface area contributed by atoms with Gasteiger partial charge in [-0.15, -0.1) is 17.8 Å². The molecule has 2 rings (SSSR count). The van der Waals surface area contributed by atoms with Gasteiger partial charge >= 0.3 is 6.03 Å².